The third-order valence-electron chi connectivity index (χ3n) is 4.37. The summed E-state index contributed by atoms with van der Waals surface area (Å²) in [5.41, 5.74) is 4.36. The molecule has 0 saturated carbocycles. The molecule has 1 fully saturated rings. The van der Waals surface area contributed by atoms with Gasteiger partial charge >= 0.3 is 0 Å². The maximum Gasteiger partial charge on any atom is 0.116 e. The van der Waals surface area contributed by atoms with Gasteiger partial charge < -0.3 is 4.74 Å². The van der Waals surface area contributed by atoms with Crippen molar-refractivity contribution in [2.24, 2.45) is 0 Å². The van der Waals surface area contributed by atoms with Crippen LogP contribution in [0.2, 0.25) is 0 Å². The van der Waals surface area contributed by atoms with E-state index in [4.69, 9.17) is 4.74 Å². The van der Waals surface area contributed by atoms with Crippen LogP contribution >= 0.6 is 0 Å². The third kappa shape index (κ3) is 3.34. The van der Waals surface area contributed by atoms with Crippen molar-refractivity contribution in [3.05, 3.63) is 47.9 Å². The maximum atomic E-state index is 5.15. The van der Waals surface area contributed by atoms with E-state index < -0.39 is 0 Å². The van der Waals surface area contributed by atoms with E-state index in [0.29, 0.717) is 12.6 Å². The molecular weight excluding hydrogens is 274 g/mol. The highest BCUT2D eigenvalue weighted by Gasteiger charge is 2.19. The molecule has 1 aliphatic heterocycles. The average molecular weight is 297 g/mol. The van der Waals surface area contributed by atoms with Gasteiger partial charge in [0.2, 0.25) is 0 Å². The van der Waals surface area contributed by atoms with Crippen molar-refractivity contribution in [3.8, 4) is 11.3 Å². The van der Waals surface area contributed by atoms with Gasteiger partial charge in [-0.1, -0.05) is 18.2 Å². The molecule has 0 radical (unpaired) electrons. The summed E-state index contributed by atoms with van der Waals surface area (Å²) < 4.78 is 5.15. The molecule has 22 heavy (non-hydrogen) atoms. The van der Waals surface area contributed by atoms with E-state index >= 15 is 0 Å². The Kier molecular flexibility index (Phi) is 4.80. The largest absolute Gasteiger partial charge is 0.378 e. The lowest BCUT2D eigenvalue weighted by atomic mass is 10.0. The molecule has 0 spiro atoms. The highest BCUT2D eigenvalue weighted by molar-refractivity contribution is 5.60. The molecule has 4 heteroatoms. The number of rotatable bonds is 5. The Balaban J connectivity index is 1.85. The van der Waals surface area contributed by atoms with Gasteiger partial charge in [0, 0.05) is 18.7 Å². The Morgan fingerprint density at radius 2 is 2.00 bits per heavy atom. The van der Waals surface area contributed by atoms with Crippen LogP contribution in [0.15, 0.2) is 36.7 Å². The molecule has 3 rings (SSSR count). The average Bonchev–Trinajstić information content (AvgIpc) is 3.09. The van der Waals surface area contributed by atoms with Crippen molar-refractivity contribution in [2.45, 2.75) is 32.4 Å². The number of aromatic nitrogens is 2. The second-order valence-electron chi connectivity index (χ2n) is 5.87. The molecule has 1 aromatic heterocycles. The van der Waals surface area contributed by atoms with Crippen molar-refractivity contribution in [2.75, 3.05) is 20.2 Å². The van der Waals surface area contributed by atoms with Crippen LogP contribution in [0, 0.1) is 0 Å². The number of hydrogen-bond donors (Lipinski definition) is 0. The van der Waals surface area contributed by atoms with E-state index in [1.54, 1.807) is 13.4 Å². The van der Waals surface area contributed by atoms with Gasteiger partial charge in [0.1, 0.15) is 6.33 Å². The van der Waals surface area contributed by atoms with Gasteiger partial charge in [-0.2, -0.15) is 0 Å². The molecule has 4 nitrogen and oxygen atoms in total. The van der Waals surface area contributed by atoms with Gasteiger partial charge in [-0.15, -0.1) is 0 Å². The van der Waals surface area contributed by atoms with Crippen molar-refractivity contribution < 1.29 is 4.74 Å². The van der Waals surface area contributed by atoms with Crippen LogP contribution in [-0.2, 0) is 11.3 Å². The first-order chi connectivity index (χ1) is 10.8. The fourth-order valence-electron chi connectivity index (χ4n) is 3.08. The number of nitrogens with zero attached hydrogens (tertiary/aromatic N) is 3. The zero-order chi connectivity index (χ0) is 15.4. The van der Waals surface area contributed by atoms with Crippen molar-refractivity contribution in [1.29, 1.82) is 0 Å². The molecule has 2 heterocycles. The third-order valence-corrected chi connectivity index (χ3v) is 4.37. The molecule has 2 aromatic rings. The minimum Gasteiger partial charge on any atom is -0.378 e. The van der Waals surface area contributed by atoms with E-state index in [-0.39, 0.29) is 0 Å². The summed E-state index contributed by atoms with van der Waals surface area (Å²) >= 11 is 0. The van der Waals surface area contributed by atoms with E-state index in [1.807, 2.05) is 6.07 Å². The standard InChI is InChI=1S/C18H23N3O/c1-14(21-8-3-4-9-21)15-6-5-7-16(10-15)18-11-17(12-22-2)19-13-20-18/h5-7,10-11,13-14H,3-4,8-9,12H2,1-2H3. The Labute approximate surface area is 132 Å². The lowest BCUT2D eigenvalue weighted by Crippen LogP contribution is -2.23. The van der Waals surface area contributed by atoms with E-state index in [9.17, 15) is 0 Å². The maximum absolute atomic E-state index is 5.15. The number of likely N-dealkylation sites (tertiary alicyclic amines) is 1. The quantitative estimate of drug-likeness (QED) is 0.847. The normalized spacial score (nSPS) is 16.8. The molecular formula is C18H23N3O. The molecule has 0 aliphatic carbocycles. The number of hydrogen-bond acceptors (Lipinski definition) is 4. The Morgan fingerprint density at radius 3 is 2.77 bits per heavy atom. The summed E-state index contributed by atoms with van der Waals surface area (Å²) in [7, 11) is 1.68. The highest BCUT2D eigenvalue weighted by Crippen LogP contribution is 2.27. The first-order valence-electron chi connectivity index (χ1n) is 7.92. The molecule has 1 unspecified atom stereocenters. The SMILES string of the molecule is COCc1cc(-c2cccc(C(C)N3CCCC3)c2)ncn1. The Bertz CT molecular complexity index is 623. The minimum absolute atomic E-state index is 0.461. The zero-order valence-electron chi connectivity index (χ0n) is 13.3. The predicted molar refractivity (Wildman–Crippen MR) is 87.4 cm³/mol. The van der Waals surface area contributed by atoms with Gasteiger partial charge in [0.15, 0.2) is 0 Å². The lowest BCUT2D eigenvalue weighted by Gasteiger charge is -2.24. The van der Waals surface area contributed by atoms with Gasteiger partial charge in [-0.3, -0.25) is 4.90 Å². The van der Waals surface area contributed by atoms with Crippen LogP contribution in [0.4, 0.5) is 0 Å². The minimum atomic E-state index is 0.461. The molecule has 1 aliphatic rings. The zero-order valence-corrected chi connectivity index (χ0v) is 13.3. The van der Waals surface area contributed by atoms with Crippen molar-refractivity contribution in [1.82, 2.24) is 14.9 Å². The van der Waals surface area contributed by atoms with Crippen LogP contribution in [0.3, 0.4) is 0 Å². The smallest absolute Gasteiger partial charge is 0.116 e. The van der Waals surface area contributed by atoms with Crippen molar-refractivity contribution in [3.63, 3.8) is 0 Å². The van der Waals surface area contributed by atoms with Crippen LogP contribution in [0.25, 0.3) is 11.3 Å². The van der Waals surface area contributed by atoms with Gasteiger partial charge in [0.25, 0.3) is 0 Å². The number of ether oxygens (including phenoxy) is 1. The molecule has 1 saturated heterocycles. The van der Waals surface area contributed by atoms with E-state index in [1.165, 1.54) is 31.5 Å². The topological polar surface area (TPSA) is 38.2 Å². The molecule has 1 atom stereocenters. The Hall–Kier alpha value is -1.78. The Morgan fingerprint density at radius 1 is 1.18 bits per heavy atom. The molecule has 0 amide bonds. The van der Waals surface area contributed by atoms with Crippen LogP contribution in [0.1, 0.15) is 37.1 Å². The van der Waals surface area contributed by atoms with E-state index in [2.05, 4.69) is 46.1 Å². The number of methoxy groups -OCH3 is 1. The lowest BCUT2D eigenvalue weighted by molar-refractivity contribution is 0.181. The second-order valence-corrected chi connectivity index (χ2v) is 5.87. The van der Waals surface area contributed by atoms with Gasteiger partial charge in [-0.25, -0.2) is 9.97 Å². The fraction of sp³-hybridized carbons (Fsp3) is 0.444. The predicted octanol–water partition coefficient (Wildman–Crippen LogP) is 3.45. The summed E-state index contributed by atoms with van der Waals surface area (Å²) in [4.78, 5) is 11.2. The molecule has 0 bridgehead atoms. The summed E-state index contributed by atoms with van der Waals surface area (Å²) in [5.74, 6) is 0. The molecule has 0 N–H and O–H groups in total. The van der Waals surface area contributed by atoms with Crippen LogP contribution in [-0.4, -0.2) is 35.1 Å². The first-order valence-corrected chi connectivity index (χ1v) is 7.92. The molecule has 116 valence electrons. The summed E-state index contributed by atoms with van der Waals surface area (Å²) in [5, 5.41) is 0. The summed E-state index contributed by atoms with van der Waals surface area (Å²) in [6.45, 7) is 5.22. The second kappa shape index (κ2) is 6.99. The van der Waals surface area contributed by atoms with Crippen LogP contribution < -0.4 is 0 Å². The van der Waals surface area contributed by atoms with E-state index in [0.717, 1.165) is 17.0 Å². The monoisotopic (exact) mass is 297 g/mol. The number of benzene rings is 1. The molecule has 1 aromatic carbocycles. The fourth-order valence-corrected chi connectivity index (χ4v) is 3.08. The summed E-state index contributed by atoms with van der Waals surface area (Å²) in [6.07, 6.45) is 4.24. The van der Waals surface area contributed by atoms with Gasteiger partial charge in [0.05, 0.1) is 18.0 Å². The first kappa shape index (κ1) is 15.1. The van der Waals surface area contributed by atoms with Gasteiger partial charge in [-0.05, 0) is 50.6 Å². The van der Waals surface area contributed by atoms with Crippen molar-refractivity contribution >= 4 is 0 Å². The highest BCUT2D eigenvalue weighted by atomic mass is 16.5. The van der Waals surface area contributed by atoms with Crippen LogP contribution in [0.5, 0.6) is 0 Å². The summed E-state index contributed by atoms with van der Waals surface area (Å²) in [6, 6.07) is 11.2.